The third-order valence-corrected chi connectivity index (χ3v) is 7.20. The number of carbonyl (C=O) groups excluding carboxylic acids is 4. The molecular formula is C36H27N3O5. The number of esters is 1. The lowest BCUT2D eigenvalue weighted by Gasteiger charge is -2.26. The number of para-hydroxylation sites is 1. The molecule has 2 heterocycles. The molecule has 8 heteroatoms. The van der Waals surface area contributed by atoms with Gasteiger partial charge in [0, 0.05) is 11.3 Å². The van der Waals surface area contributed by atoms with E-state index >= 15 is 0 Å². The fourth-order valence-corrected chi connectivity index (χ4v) is 5.21. The van der Waals surface area contributed by atoms with Gasteiger partial charge in [-0.1, -0.05) is 78.9 Å². The summed E-state index contributed by atoms with van der Waals surface area (Å²) in [5.41, 5.74) is 5.15. The second-order valence-corrected chi connectivity index (χ2v) is 9.96. The van der Waals surface area contributed by atoms with Crippen LogP contribution in [0.4, 0.5) is 10.5 Å². The predicted octanol–water partition coefficient (Wildman–Crippen LogP) is 6.65. The van der Waals surface area contributed by atoms with Crippen molar-refractivity contribution in [3.63, 3.8) is 0 Å². The van der Waals surface area contributed by atoms with Crippen molar-refractivity contribution in [3.05, 3.63) is 138 Å². The first-order valence-electron chi connectivity index (χ1n) is 14.1. The molecule has 0 saturated carbocycles. The number of ether oxygens (including phenoxy) is 1. The minimum atomic E-state index is -0.809. The summed E-state index contributed by atoms with van der Waals surface area (Å²) in [4.78, 5) is 52.9. The van der Waals surface area contributed by atoms with E-state index in [2.05, 4.69) is 5.32 Å². The van der Waals surface area contributed by atoms with Gasteiger partial charge in [-0.2, -0.15) is 0 Å². The van der Waals surface area contributed by atoms with Gasteiger partial charge in [-0.05, 0) is 66.6 Å². The summed E-state index contributed by atoms with van der Waals surface area (Å²) in [6.45, 7) is 2.03. The Morgan fingerprint density at radius 1 is 0.750 bits per heavy atom. The molecule has 8 nitrogen and oxygen atoms in total. The highest BCUT2D eigenvalue weighted by molar-refractivity contribution is 6.39. The molecular weight excluding hydrogens is 554 g/mol. The molecule has 1 saturated heterocycles. The van der Waals surface area contributed by atoms with E-state index in [0.717, 1.165) is 27.4 Å². The zero-order valence-corrected chi connectivity index (χ0v) is 23.8. The van der Waals surface area contributed by atoms with E-state index in [-0.39, 0.29) is 12.2 Å². The van der Waals surface area contributed by atoms with Crippen molar-refractivity contribution in [2.75, 3.05) is 11.5 Å². The Kier molecular flexibility index (Phi) is 7.71. The number of nitrogens with zero attached hydrogens (tertiary/aromatic N) is 2. The Labute approximate surface area is 253 Å². The third kappa shape index (κ3) is 5.32. The Morgan fingerprint density at radius 3 is 1.95 bits per heavy atom. The van der Waals surface area contributed by atoms with Gasteiger partial charge >= 0.3 is 12.0 Å². The zero-order valence-electron chi connectivity index (χ0n) is 23.8. The molecule has 0 unspecified atom stereocenters. The number of hydrogen-bond donors (Lipinski definition) is 1. The number of aromatic nitrogens is 1. The number of hydrogen-bond acceptors (Lipinski definition) is 5. The Morgan fingerprint density at radius 2 is 1.34 bits per heavy atom. The highest BCUT2D eigenvalue weighted by atomic mass is 16.5. The van der Waals surface area contributed by atoms with Crippen LogP contribution in [0.3, 0.4) is 0 Å². The summed E-state index contributed by atoms with van der Waals surface area (Å²) in [5, 5.41) is 2.31. The number of carbonyl (C=O) groups is 4. The molecule has 1 aliphatic rings. The molecule has 1 aromatic heterocycles. The standard InChI is InChI=1S/C36H27N3O5/c1-2-44-35(42)26-18-20-29(21-19-26)38-31(24-12-6-3-7-13-24)23-27(32(38)25-14-8-4-9-15-25)22-30-33(40)37-36(43)39(34(30)41)28-16-10-5-11-17-28/h3-23H,2H2,1H3,(H,37,40,43)/b30-22-. The number of anilines is 1. The number of rotatable bonds is 7. The van der Waals surface area contributed by atoms with Crippen LogP contribution in [-0.4, -0.2) is 35.0 Å². The van der Waals surface area contributed by atoms with Crippen molar-refractivity contribution >= 4 is 35.6 Å². The SMILES string of the molecule is CCOC(=O)c1ccc(-n2c(-c3ccccc3)cc(/C=C3/C(=O)NC(=O)N(c4ccccc4)C3=O)c2-c2ccccc2)cc1. The van der Waals surface area contributed by atoms with Crippen LogP contribution in [0.2, 0.25) is 0 Å². The topological polar surface area (TPSA) is 97.7 Å². The maximum atomic E-state index is 13.7. The van der Waals surface area contributed by atoms with Crippen LogP contribution in [0.15, 0.2) is 127 Å². The van der Waals surface area contributed by atoms with E-state index in [4.69, 9.17) is 4.74 Å². The maximum Gasteiger partial charge on any atom is 0.338 e. The van der Waals surface area contributed by atoms with E-state index in [1.54, 1.807) is 49.4 Å². The van der Waals surface area contributed by atoms with Crippen molar-refractivity contribution in [2.45, 2.75) is 6.92 Å². The molecule has 216 valence electrons. The fourth-order valence-electron chi connectivity index (χ4n) is 5.21. The van der Waals surface area contributed by atoms with Crippen molar-refractivity contribution in [3.8, 4) is 28.2 Å². The summed E-state index contributed by atoms with van der Waals surface area (Å²) >= 11 is 0. The largest absolute Gasteiger partial charge is 0.462 e. The average molecular weight is 582 g/mol. The first kappa shape index (κ1) is 28.1. The van der Waals surface area contributed by atoms with Gasteiger partial charge in [-0.25, -0.2) is 14.5 Å². The van der Waals surface area contributed by atoms with Crippen LogP contribution >= 0.6 is 0 Å². The minimum absolute atomic E-state index is 0.181. The number of nitrogens with one attached hydrogen (secondary N) is 1. The van der Waals surface area contributed by atoms with E-state index in [1.165, 1.54) is 6.08 Å². The second-order valence-electron chi connectivity index (χ2n) is 9.96. The van der Waals surface area contributed by atoms with E-state index in [9.17, 15) is 19.2 Å². The van der Waals surface area contributed by atoms with Crippen molar-refractivity contribution in [2.24, 2.45) is 0 Å². The van der Waals surface area contributed by atoms with E-state index < -0.39 is 23.8 Å². The molecule has 0 spiro atoms. The maximum absolute atomic E-state index is 13.7. The van der Waals surface area contributed by atoms with Gasteiger partial charge in [0.05, 0.1) is 29.2 Å². The average Bonchev–Trinajstić information content (AvgIpc) is 3.43. The molecule has 44 heavy (non-hydrogen) atoms. The molecule has 1 aliphatic heterocycles. The quantitative estimate of drug-likeness (QED) is 0.132. The van der Waals surface area contributed by atoms with Gasteiger partial charge in [0.1, 0.15) is 5.57 Å². The van der Waals surface area contributed by atoms with Gasteiger partial charge < -0.3 is 9.30 Å². The van der Waals surface area contributed by atoms with Gasteiger partial charge in [-0.15, -0.1) is 0 Å². The van der Waals surface area contributed by atoms with Crippen LogP contribution in [0.5, 0.6) is 0 Å². The normalized spacial score (nSPS) is 14.1. The predicted molar refractivity (Wildman–Crippen MR) is 168 cm³/mol. The summed E-state index contributed by atoms with van der Waals surface area (Å²) in [6.07, 6.45) is 1.53. The smallest absolute Gasteiger partial charge is 0.338 e. The molecule has 1 N–H and O–H groups in total. The zero-order chi connectivity index (χ0) is 30.6. The number of urea groups is 1. The summed E-state index contributed by atoms with van der Waals surface area (Å²) in [7, 11) is 0. The minimum Gasteiger partial charge on any atom is -0.462 e. The van der Waals surface area contributed by atoms with Crippen LogP contribution in [-0.2, 0) is 14.3 Å². The molecule has 4 aromatic carbocycles. The second kappa shape index (κ2) is 12.1. The summed E-state index contributed by atoms with van der Waals surface area (Å²) in [6, 6.07) is 36.0. The van der Waals surface area contributed by atoms with Gasteiger partial charge in [0.25, 0.3) is 11.8 Å². The molecule has 0 bridgehead atoms. The fraction of sp³-hybridized carbons (Fsp3) is 0.0556. The highest BCUT2D eigenvalue weighted by Crippen LogP contribution is 2.38. The Bertz CT molecular complexity index is 1890. The molecule has 0 atom stereocenters. The molecule has 1 fully saturated rings. The van der Waals surface area contributed by atoms with Crippen LogP contribution in [0, 0.1) is 0 Å². The third-order valence-electron chi connectivity index (χ3n) is 7.20. The van der Waals surface area contributed by atoms with Crippen molar-refractivity contribution in [1.29, 1.82) is 0 Å². The van der Waals surface area contributed by atoms with E-state index in [0.29, 0.717) is 22.5 Å². The van der Waals surface area contributed by atoms with Gasteiger partial charge in [-0.3, -0.25) is 14.9 Å². The number of benzene rings is 4. The summed E-state index contributed by atoms with van der Waals surface area (Å²) < 4.78 is 7.19. The monoisotopic (exact) mass is 581 g/mol. The van der Waals surface area contributed by atoms with Crippen molar-refractivity contribution < 1.29 is 23.9 Å². The number of amides is 4. The lowest BCUT2D eigenvalue weighted by Crippen LogP contribution is -2.54. The molecule has 5 aromatic rings. The summed E-state index contributed by atoms with van der Waals surface area (Å²) in [5.74, 6) is -1.92. The van der Waals surface area contributed by atoms with Gasteiger partial charge in [0.2, 0.25) is 0 Å². The van der Waals surface area contributed by atoms with Crippen molar-refractivity contribution in [1.82, 2.24) is 9.88 Å². The molecule has 6 rings (SSSR count). The van der Waals surface area contributed by atoms with Crippen LogP contribution < -0.4 is 10.2 Å². The highest BCUT2D eigenvalue weighted by Gasteiger charge is 2.37. The Balaban J connectivity index is 1.57. The molecule has 4 amide bonds. The Hall–Kier alpha value is -6.02. The number of barbiturate groups is 1. The number of imide groups is 2. The lowest BCUT2D eigenvalue weighted by atomic mass is 10.0. The molecule has 0 radical (unpaired) electrons. The van der Waals surface area contributed by atoms with Crippen LogP contribution in [0.1, 0.15) is 22.8 Å². The lowest BCUT2D eigenvalue weighted by molar-refractivity contribution is -0.122. The van der Waals surface area contributed by atoms with Gasteiger partial charge in [0.15, 0.2) is 0 Å². The van der Waals surface area contributed by atoms with E-state index in [1.807, 2.05) is 83.4 Å². The first-order valence-corrected chi connectivity index (χ1v) is 14.1. The molecule has 0 aliphatic carbocycles. The first-order chi connectivity index (χ1) is 21.5. The van der Waals surface area contributed by atoms with Crippen LogP contribution in [0.25, 0.3) is 34.3 Å².